The number of benzene rings is 1. The average Bonchev–Trinajstić information content (AvgIpc) is 3.45. The number of ether oxygens (including phenoxy) is 2. The molecule has 3 rings (SSSR count). The van der Waals surface area contributed by atoms with Gasteiger partial charge in [-0.15, -0.1) is 0 Å². The first-order chi connectivity index (χ1) is 12.2. The Labute approximate surface area is 149 Å². The van der Waals surface area contributed by atoms with E-state index in [2.05, 4.69) is 22.6 Å². The Morgan fingerprint density at radius 1 is 1.36 bits per heavy atom. The smallest absolute Gasteiger partial charge is 0.234 e. The van der Waals surface area contributed by atoms with Crippen molar-refractivity contribution < 1.29 is 14.3 Å². The lowest BCUT2D eigenvalue weighted by molar-refractivity contribution is -0.121. The summed E-state index contributed by atoms with van der Waals surface area (Å²) in [5.41, 5.74) is 1.15. The molecular formula is C19H29N3O3. The van der Waals surface area contributed by atoms with E-state index in [4.69, 9.17) is 9.47 Å². The largest absolute Gasteiger partial charge is 0.497 e. The van der Waals surface area contributed by atoms with E-state index in [0.29, 0.717) is 19.0 Å². The van der Waals surface area contributed by atoms with Crippen molar-refractivity contribution in [1.82, 2.24) is 15.5 Å². The van der Waals surface area contributed by atoms with Crippen LogP contribution in [-0.2, 0) is 9.53 Å². The quantitative estimate of drug-likeness (QED) is 0.739. The number of hydrogen-bond acceptors (Lipinski definition) is 5. The van der Waals surface area contributed by atoms with Gasteiger partial charge in [0.25, 0.3) is 0 Å². The van der Waals surface area contributed by atoms with Gasteiger partial charge in [-0.05, 0) is 43.5 Å². The average molecular weight is 347 g/mol. The molecule has 0 aromatic heterocycles. The fourth-order valence-electron chi connectivity index (χ4n) is 3.28. The van der Waals surface area contributed by atoms with E-state index in [0.717, 1.165) is 31.0 Å². The maximum absolute atomic E-state index is 12.3. The summed E-state index contributed by atoms with van der Waals surface area (Å²) in [7, 11) is 3.76. The summed E-state index contributed by atoms with van der Waals surface area (Å²) in [5, 5.41) is 6.41. The number of carbonyl (C=O) groups excluding carboxylic acids is 1. The third-order valence-corrected chi connectivity index (χ3v) is 4.88. The molecule has 6 heteroatoms. The molecule has 0 radical (unpaired) electrons. The summed E-state index contributed by atoms with van der Waals surface area (Å²) in [6.45, 7) is 3.67. The standard InChI is InChI=1S/C19H29N3O3/c1-22-9-10-25-17(13-22)11-20-12-18(23)21-19(14-3-4-14)15-5-7-16(24-2)8-6-15/h5-8,14,17,19-20H,3-4,9-13H2,1-2H3,(H,21,23). The molecule has 2 atom stereocenters. The molecular weight excluding hydrogens is 318 g/mol. The molecule has 1 saturated heterocycles. The first-order valence-electron chi connectivity index (χ1n) is 9.10. The monoisotopic (exact) mass is 347 g/mol. The molecule has 1 heterocycles. The highest BCUT2D eigenvalue weighted by Gasteiger charge is 2.33. The molecule has 0 spiro atoms. The number of likely N-dealkylation sites (N-methyl/N-ethyl adjacent to an activating group) is 1. The third-order valence-electron chi connectivity index (χ3n) is 4.88. The maximum Gasteiger partial charge on any atom is 0.234 e. The number of nitrogens with one attached hydrogen (secondary N) is 2. The summed E-state index contributed by atoms with van der Waals surface area (Å²) in [4.78, 5) is 14.6. The number of morpholine rings is 1. The van der Waals surface area contributed by atoms with Crippen molar-refractivity contribution in [2.24, 2.45) is 5.92 Å². The van der Waals surface area contributed by atoms with Crippen LogP contribution in [-0.4, -0.2) is 63.9 Å². The summed E-state index contributed by atoms with van der Waals surface area (Å²) >= 11 is 0. The second-order valence-corrected chi connectivity index (χ2v) is 7.04. The van der Waals surface area contributed by atoms with Crippen molar-refractivity contribution >= 4 is 5.91 Å². The lowest BCUT2D eigenvalue weighted by atomic mass is 10.0. The van der Waals surface area contributed by atoms with Crippen LogP contribution >= 0.6 is 0 Å². The molecule has 1 saturated carbocycles. The van der Waals surface area contributed by atoms with Gasteiger partial charge in [0.1, 0.15) is 5.75 Å². The first kappa shape index (κ1) is 18.2. The first-order valence-corrected chi connectivity index (χ1v) is 9.10. The minimum atomic E-state index is 0.0388. The number of methoxy groups -OCH3 is 1. The number of hydrogen-bond donors (Lipinski definition) is 2. The van der Waals surface area contributed by atoms with E-state index in [1.165, 1.54) is 12.8 Å². The molecule has 1 aromatic carbocycles. The predicted molar refractivity (Wildman–Crippen MR) is 96.7 cm³/mol. The van der Waals surface area contributed by atoms with Gasteiger partial charge in [-0.3, -0.25) is 4.79 Å². The molecule has 1 aromatic rings. The van der Waals surface area contributed by atoms with Crippen LogP contribution in [0.25, 0.3) is 0 Å². The Morgan fingerprint density at radius 3 is 2.76 bits per heavy atom. The Morgan fingerprint density at radius 2 is 2.12 bits per heavy atom. The lowest BCUT2D eigenvalue weighted by Gasteiger charge is -2.30. The van der Waals surface area contributed by atoms with Gasteiger partial charge in [-0.2, -0.15) is 0 Å². The molecule has 1 amide bonds. The maximum atomic E-state index is 12.3. The number of amides is 1. The molecule has 138 valence electrons. The molecule has 2 unspecified atom stereocenters. The van der Waals surface area contributed by atoms with Gasteiger partial charge < -0.3 is 25.0 Å². The zero-order chi connectivity index (χ0) is 17.6. The Hall–Kier alpha value is -1.63. The van der Waals surface area contributed by atoms with E-state index < -0.39 is 0 Å². The molecule has 2 fully saturated rings. The molecule has 2 aliphatic rings. The Kier molecular flexibility index (Phi) is 6.29. The van der Waals surface area contributed by atoms with Gasteiger partial charge in [0, 0.05) is 19.6 Å². The molecule has 0 bridgehead atoms. The van der Waals surface area contributed by atoms with Crippen LogP contribution in [0.3, 0.4) is 0 Å². The zero-order valence-corrected chi connectivity index (χ0v) is 15.2. The van der Waals surface area contributed by atoms with Crippen molar-refractivity contribution in [3.63, 3.8) is 0 Å². The highest BCUT2D eigenvalue weighted by molar-refractivity contribution is 5.78. The fraction of sp³-hybridized carbons (Fsp3) is 0.632. The van der Waals surface area contributed by atoms with Crippen LogP contribution in [0, 0.1) is 5.92 Å². The molecule has 2 N–H and O–H groups in total. The second-order valence-electron chi connectivity index (χ2n) is 7.04. The van der Waals surface area contributed by atoms with Crippen LogP contribution in [0.4, 0.5) is 0 Å². The fourth-order valence-corrected chi connectivity index (χ4v) is 3.28. The molecule has 1 aliphatic carbocycles. The van der Waals surface area contributed by atoms with E-state index in [-0.39, 0.29) is 18.1 Å². The van der Waals surface area contributed by atoms with Crippen molar-refractivity contribution in [3.05, 3.63) is 29.8 Å². The predicted octanol–water partition coefficient (Wildman–Crippen LogP) is 1.18. The van der Waals surface area contributed by atoms with Gasteiger partial charge in [0.15, 0.2) is 0 Å². The topological polar surface area (TPSA) is 62.8 Å². The number of carbonyl (C=O) groups is 1. The highest BCUT2D eigenvalue weighted by Crippen LogP contribution is 2.41. The van der Waals surface area contributed by atoms with Crippen LogP contribution < -0.4 is 15.4 Å². The minimum Gasteiger partial charge on any atom is -0.497 e. The van der Waals surface area contributed by atoms with E-state index >= 15 is 0 Å². The summed E-state index contributed by atoms with van der Waals surface area (Å²) in [5.74, 6) is 1.42. The molecule has 1 aliphatic heterocycles. The van der Waals surface area contributed by atoms with E-state index in [1.807, 2.05) is 24.3 Å². The SMILES string of the molecule is COc1ccc(C(NC(=O)CNCC2CN(C)CCO2)C2CC2)cc1. The normalized spacial score (nSPS) is 22.4. The highest BCUT2D eigenvalue weighted by atomic mass is 16.5. The third kappa shape index (κ3) is 5.42. The van der Waals surface area contributed by atoms with E-state index in [1.54, 1.807) is 7.11 Å². The van der Waals surface area contributed by atoms with Crippen LogP contribution in [0.1, 0.15) is 24.4 Å². The summed E-state index contributed by atoms with van der Waals surface area (Å²) in [6.07, 6.45) is 2.51. The van der Waals surface area contributed by atoms with Gasteiger partial charge in [0.05, 0.1) is 32.4 Å². The van der Waals surface area contributed by atoms with Crippen molar-refractivity contribution in [2.45, 2.75) is 25.0 Å². The Balaban J connectivity index is 1.46. The van der Waals surface area contributed by atoms with Crippen LogP contribution in [0.15, 0.2) is 24.3 Å². The van der Waals surface area contributed by atoms with Gasteiger partial charge in [0.2, 0.25) is 5.91 Å². The van der Waals surface area contributed by atoms with Crippen molar-refractivity contribution in [3.8, 4) is 5.75 Å². The summed E-state index contributed by atoms with van der Waals surface area (Å²) < 4.78 is 10.9. The summed E-state index contributed by atoms with van der Waals surface area (Å²) in [6, 6.07) is 8.08. The molecule has 6 nitrogen and oxygen atoms in total. The molecule has 25 heavy (non-hydrogen) atoms. The minimum absolute atomic E-state index is 0.0388. The van der Waals surface area contributed by atoms with Crippen LogP contribution in [0.2, 0.25) is 0 Å². The van der Waals surface area contributed by atoms with Gasteiger partial charge >= 0.3 is 0 Å². The van der Waals surface area contributed by atoms with Crippen LogP contribution in [0.5, 0.6) is 5.75 Å². The lowest BCUT2D eigenvalue weighted by Crippen LogP contribution is -2.46. The number of rotatable bonds is 8. The van der Waals surface area contributed by atoms with Gasteiger partial charge in [-0.25, -0.2) is 0 Å². The Bertz CT molecular complexity index is 560. The van der Waals surface area contributed by atoms with Gasteiger partial charge in [-0.1, -0.05) is 12.1 Å². The zero-order valence-electron chi connectivity index (χ0n) is 15.2. The van der Waals surface area contributed by atoms with Crippen molar-refractivity contribution in [2.75, 3.05) is 46.9 Å². The van der Waals surface area contributed by atoms with E-state index in [9.17, 15) is 4.79 Å². The number of nitrogens with zero attached hydrogens (tertiary/aromatic N) is 1. The second kappa shape index (κ2) is 8.65. The van der Waals surface area contributed by atoms with Crippen molar-refractivity contribution in [1.29, 1.82) is 0 Å².